The number of benzene rings is 3. The van der Waals surface area contributed by atoms with E-state index in [0.717, 1.165) is 21.9 Å². The second-order valence-corrected chi connectivity index (χ2v) is 10.7. The summed E-state index contributed by atoms with van der Waals surface area (Å²) in [6.45, 7) is 6.53. The molecule has 2 amide bonds. The Labute approximate surface area is 206 Å². The third-order valence-corrected chi connectivity index (χ3v) is 8.24. The van der Waals surface area contributed by atoms with E-state index in [4.69, 9.17) is 0 Å². The highest BCUT2D eigenvalue weighted by atomic mass is 32.2. The molecular weight excluding hydrogens is 462 g/mol. The lowest BCUT2D eigenvalue weighted by molar-refractivity contribution is -0.140. The topological polar surface area (TPSA) is 86.8 Å². The number of carbonyl (C=O) groups is 2. The maximum Gasteiger partial charge on any atom is 0.265 e. The number of nitrogens with zero attached hydrogens (tertiary/aromatic N) is 2. The van der Waals surface area contributed by atoms with Crippen molar-refractivity contribution in [3.05, 3.63) is 71.8 Å². The molecule has 1 unspecified atom stereocenters. The van der Waals surface area contributed by atoms with Gasteiger partial charge in [-0.25, -0.2) is 8.42 Å². The first-order valence-corrected chi connectivity index (χ1v) is 13.3. The number of hydrogen-bond acceptors (Lipinski definition) is 4. The van der Waals surface area contributed by atoms with Gasteiger partial charge in [0.25, 0.3) is 10.0 Å². The third kappa shape index (κ3) is 4.89. The maximum absolute atomic E-state index is 13.3. The van der Waals surface area contributed by atoms with Crippen LogP contribution in [0.4, 0.5) is 5.69 Å². The molecule has 7 nitrogen and oxygen atoms in total. The number of likely N-dealkylation sites (N-methyl/N-ethyl adjacent to an activating group) is 1. The maximum atomic E-state index is 13.3. The normalized spacial score (nSPS) is 14.7. The summed E-state index contributed by atoms with van der Waals surface area (Å²) in [5.41, 5.74) is 2.67. The van der Waals surface area contributed by atoms with Gasteiger partial charge in [0.1, 0.15) is 6.04 Å². The van der Waals surface area contributed by atoms with Gasteiger partial charge in [0.15, 0.2) is 0 Å². The smallest absolute Gasteiger partial charge is 0.265 e. The summed E-state index contributed by atoms with van der Waals surface area (Å²) < 4.78 is 27.8. The highest BCUT2D eigenvalue weighted by Gasteiger charge is 2.35. The molecule has 0 radical (unpaired) electrons. The van der Waals surface area contributed by atoms with Crippen LogP contribution in [-0.4, -0.2) is 44.3 Å². The van der Waals surface area contributed by atoms with Crippen LogP contribution < -0.4 is 9.62 Å². The zero-order valence-corrected chi connectivity index (χ0v) is 21.1. The van der Waals surface area contributed by atoms with Crippen LogP contribution in [0.3, 0.4) is 0 Å². The van der Waals surface area contributed by atoms with E-state index in [1.54, 1.807) is 30.0 Å². The van der Waals surface area contributed by atoms with Crippen LogP contribution in [0.1, 0.15) is 37.8 Å². The van der Waals surface area contributed by atoms with E-state index in [1.807, 2.05) is 56.3 Å². The van der Waals surface area contributed by atoms with Gasteiger partial charge < -0.3 is 10.2 Å². The van der Waals surface area contributed by atoms with Crippen LogP contribution in [-0.2, 0) is 26.2 Å². The van der Waals surface area contributed by atoms with Gasteiger partial charge in [0.2, 0.25) is 11.8 Å². The van der Waals surface area contributed by atoms with Crippen LogP contribution in [0.2, 0.25) is 0 Å². The summed E-state index contributed by atoms with van der Waals surface area (Å²) in [4.78, 5) is 27.7. The molecule has 0 bridgehead atoms. The first-order valence-electron chi connectivity index (χ1n) is 11.9. The minimum absolute atomic E-state index is 0.133. The van der Waals surface area contributed by atoms with Crippen LogP contribution in [0.5, 0.6) is 0 Å². The summed E-state index contributed by atoms with van der Waals surface area (Å²) in [6, 6.07) is 18.0. The Morgan fingerprint density at radius 2 is 1.77 bits per heavy atom. The molecule has 0 spiro atoms. The van der Waals surface area contributed by atoms with E-state index in [9.17, 15) is 18.0 Å². The molecule has 3 aromatic carbocycles. The SMILES string of the molecule is CCNC(=O)C(C)N(Cc1cccc(C)c1)C(=O)CCCN1c2cccc3cccc(c23)S1(=O)=O. The van der Waals surface area contributed by atoms with E-state index < -0.39 is 16.1 Å². The highest BCUT2D eigenvalue weighted by molar-refractivity contribution is 7.93. The van der Waals surface area contributed by atoms with Crippen molar-refractivity contribution in [1.29, 1.82) is 0 Å². The monoisotopic (exact) mass is 493 g/mol. The standard InChI is InChI=1S/C27H31N3O4S/c1-4-28-27(32)20(3)29(18-21-10-5-9-19(2)17-21)25(31)15-8-16-30-23-13-6-11-22-12-7-14-24(26(22)23)35(30,33)34/h5-7,9-14,17,20H,4,8,15-16,18H2,1-3H3,(H,28,32). The molecular formula is C27H31N3O4S. The Morgan fingerprint density at radius 3 is 2.49 bits per heavy atom. The first kappa shape index (κ1) is 24.7. The molecule has 1 aliphatic heterocycles. The molecule has 35 heavy (non-hydrogen) atoms. The molecule has 0 saturated carbocycles. The average molecular weight is 494 g/mol. The molecule has 0 aliphatic carbocycles. The average Bonchev–Trinajstić information content (AvgIpc) is 3.05. The fourth-order valence-electron chi connectivity index (χ4n) is 4.63. The lowest BCUT2D eigenvalue weighted by Gasteiger charge is -2.29. The highest BCUT2D eigenvalue weighted by Crippen LogP contribution is 2.42. The molecule has 0 saturated heterocycles. The summed E-state index contributed by atoms with van der Waals surface area (Å²) in [5.74, 6) is -0.393. The Balaban J connectivity index is 1.50. The molecule has 1 N–H and O–H groups in total. The number of hydrogen-bond donors (Lipinski definition) is 1. The lowest BCUT2D eigenvalue weighted by Crippen LogP contribution is -2.47. The van der Waals surface area contributed by atoms with E-state index in [0.29, 0.717) is 30.1 Å². The van der Waals surface area contributed by atoms with Crippen LogP contribution in [0, 0.1) is 6.92 Å². The Bertz CT molecular complexity index is 1360. The minimum Gasteiger partial charge on any atom is -0.355 e. The predicted molar refractivity (Wildman–Crippen MR) is 138 cm³/mol. The van der Waals surface area contributed by atoms with Crippen LogP contribution in [0.25, 0.3) is 10.8 Å². The van der Waals surface area contributed by atoms with E-state index >= 15 is 0 Å². The lowest BCUT2D eigenvalue weighted by atomic mass is 10.1. The van der Waals surface area contributed by atoms with Gasteiger partial charge in [-0.3, -0.25) is 13.9 Å². The molecule has 0 aromatic heterocycles. The Morgan fingerprint density at radius 1 is 1.06 bits per heavy atom. The van der Waals surface area contributed by atoms with Gasteiger partial charge in [0, 0.05) is 31.4 Å². The second kappa shape index (κ2) is 10.1. The zero-order chi connectivity index (χ0) is 25.2. The molecule has 8 heteroatoms. The number of nitrogens with one attached hydrogen (secondary N) is 1. The summed E-state index contributed by atoms with van der Waals surface area (Å²) >= 11 is 0. The van der Waals surface area contributed by atoms with Crippen molar-refractivity contribution in [3.8, 4) is 0 Å². The number of amides is 2. The van der Waals surface area contributed by atoms with Crippen molar-refractivity contribution in [2.75, 3.05) is 17.4 Å². The Kier molecular flexibility index (Phi) is 7.12. The van der Waals surface area contributed by atoms with Crippen molar-refractivity contribution in [2.24, 2.45) is 0 Å². The number of carbonyl (C=O) groups excluding carboxylic acids is 2. The third-order valence-electron chi connectivity index (χ3n) is 6.39. The Hall–Kier alpha value is -3.39. The molecule has 1 heterocycles. The van der Waals surface area contributed by atoms with Crippen molar-refractivity contribution in [3.63, 3.8) is 0 Å². The van der Waals surface area contributed by atoms with Crippen LogP contribution in [0.15, 0.2) is 65.6 Å². The number of aryl methyl sites for hydroxylation is 1. The van der Waals surface area contributed by atoms with Gasteiger partial charge in [0.05, 0.1) is 10.6 Å². The van der Waals surface area contributed by atoms with E-state index in [1.165, 1.54) is 4.31 Å². The predicted octanol–water partition coefficient (Wildman–Crippen LogP) is 3.99. The van der Waals surface area contributed by atoms with Crippen molar-refractivity contribution in [1.82, 2.24) is 10.2 Å². The van der Waals surface area contributed by atoms with Gasteiger partial charge in [-0.15, -0.1) is 0 Å². The summed E-state index contributed by atoms with van der Waals surface area (Å²) in [5, 5.41) is 4.40. The fraction of sp³-hybridized carbons (Fsp3) is 0.333. The van der Waals surface area contributed by atoms with Crippen molar-refractivity contribution in [2.45, 2.75) is 51.1 Å². The molecule has 4 rings (SSSR count). The quantitative estimate of drug-likeness (QED) is 0.488. The van der Waals surface area contributed by atoms with Crippen molar-refractivity contribution >= 4 is 38.3 Å². The minimum atomic E-state index is -3.66. The van der Waals surface area contributed by atoms with Crippen molar-refractivity contribution < 1.29 is 18.0 Å². The van der Waals surface area contributed by atoms with Gasteiger partial charge in [-0.1, -0.05) is 54.1 Å². The van der Waals surface area contributed by atoms with E-state index in [-0.39, 0.29) is 24.8 Å². The zero-order valence-electron chi connectivity index (χ0n) is 20.3. The molecule has 0 fully saturated rings. The molecule has 1 aliphatic rings. The van der Waals surface area contributed by atoms with Crippen LogP contribution >= 0.6 is 0 Å². The van der Waals surface area contributed by atoms with Gasteiger partial charge >= 0.3 is 0 Å². The fourth-order valence-corrected chi connectivity index (χ4v) is 6.38. The number of anilines is 1. The number of rotatable bonds is 9. The molecule has 1 atom stereocenters. The van der Waals surface area contributed by atoms with E-state index in [2.05, 4.69) is 5.32 Å². The second-order valence-electron chi connectivity index (χ2n) is 8.89. The van der Waals surface area contributed by atoms with Gasteiger partial charge in [-0.05, 0) is 50.3 Å². The van der Waals surface area contributed by atoms with Gasteiger partial charge in [-0.2, -0.15) is 0 Å². The first-order chi connectivity index (χ1) is 16.7. The summed E-state index contributed by atoms with van der Waals surface area (Å²) in [7, 11) is -3.66. The molecule has 184 valence electrons. The number of sulfonamides is 1. The molecule has 3 aromatic rings. The largest absolute Gasteiger partial charge is 0.355 e. The summed E-state index contributed by atoms with van der Waals surface area (Å²) in [6.07, 6.45) is 0.475.